The van der Waals surface area contributed by atoms with Crippen molar-refractivity contribution in [2.45, 2.75) is 24.9 Å². The standard InChI is InChI=1S/C10H16N2O4/c13-9(11-7-1-2-7)5-12-3-4-16-6-8(12)10(14)15/h7-8H,1-6H2,(H,11,13)(H,14,15). The Hall–Kier alpha value is -1.14. The number of carboxylic acid groups (broad SMARTS) is 1. The third kappa shape index (κ3) is 2.93. The normalized spacial score (nSPS) is 26.4. The van der Waals surface area contributed by atoms with E-state index < -0.39 is 12.0 Å². The molecule has 1 heterocycles. The Balaban J connectivity index is 1.84. The van der Waals surface area contributed by atoms with Gasteiger partial charge in [-0.2, -0.15) is 0 Å². The topological polar surface area (TPSA) is 78.9 Å². The second-order valence-corrected chi connectivity index (χ2v) is 4.24. The summed E-state index contributed by atoms with van der Waals surface area (Å²) in [5.41, 5.74) is 0. The van der Waals surface area contributed by atoms with E-state index in [1.807, 2.05) is 0 Å². The van der Waals surface area contributed by atoms with Crippen LogP contribution in [0.2, 0.25) is 0 Å². The molecule has 90 valence electrons. The van der Waals surface area contributed by atoms with Crippen molar-refractivity contribution in [2.75, 3.05) is 26.3 Å². The first-order chi connectivity index (χ1) is 7.66. The van der Waals surface area contributed by atoms with Gasteiger partial charge in [-0.25, -0.2) is 0 Å². The number of carbonyl (C=O) groups excluding carboxylic acids is 1. The Morgan fingerprint density at radius 3 is 2.81 bits per heavy atom. The zero-order chi connectivity index (χ0) is 11.5. The molecule has 1 unspecified atom stereocenters. The van der Waals surface area contributed by atoms with Crippen LogP contribution in [0.1, 0.15) is 12.8 Å². The minimum Gasteiger partial charge on any atom is -0.480 e. The molecule has 1 amide bonds. The molecule has 1 saturated heterocycles. The summed E-state index contributed by atoms with van der Waals surface area (Å²) in [6.07, 6.45) is 2.08. The summed E-state index contributed by atoms with van der Waals surface area (Å²) in [4.78, 5) is 24.1. The monoisotopic (exact) mass is 228 g/mol. The van der Waals surface area contributed by atoms with Gasteiger partial charge in [0.1, 0.15) is 6.04 Å². The average molecular weight is 228 g/mol. The van der Waals surface area contributed by atoms with Gasteiger partial charge in [-0.3, -0.25) is 14.5 Å². The fourth-order valence-corrected chi connectivity index (χ4v) is 1.74. The summed E-state index contributed by atoms with van der Waals surface area (Å²) in [5.74, 6) is -1.02. The Kier molecular flexibility index (Phi) is 3.40. The molecule has 0 aromatic rings. The highest BCUT2D eigenvalue weighted by Crippen LogP contribution is 2.18. The molecule has 2 N–H and O–H groups in total. The fraction of sp³-hybridized carbons (Fsp3) is 0.800. The first kappa shape index (κ1) is 11.3. The molecule has 2 rings (SSSR count). The Labute approximate surface area is 93.6 Å². The van der Waals surface area contributed by atoms with Crippen molar-refractivity contribution >= 4 is 11.9 Å². The highest BCUT2D eigenvalue weighted by molar-refractivity contribution is 5.80. The molecule has 6 nitrogen and oxygen atoms in total. The second kappa shape index (κ2) is 4.80. The number of aliphatic carboxylic acids is 1. The lowest BCUT2D eigenvalue weighted by Gasteiger charge is -2.32. The molecule has 16 heavy (non-hydrogen) atoms. The maximum Gasteiger partial charge on any atom is 0.323 e. The third-order valence-corrected chi connectivity index (χ3v) is 2.81. The minimum atomic E-state index is -0.932. The number of ether oxygens (including phenoxy) is 1. The van der Waals surface area contributed by atoms with E-state index in [0.29, 0.717) is 19.2 Å². The van der Waals surface area contributed by atoms with E-state index in [9.17, 15) is 9.59 Å². The van der Waals surface area contributed by atoms with Crippen molar-refractivity contribution in [1.29, 1.82) is 0 Å². The smallest absolute Gasteiger partial charge is 0.323 e. The Morgan fingerprint density at radius 2 is 2.19 bits per heavy atom. The number of hydrogen-bond acceptors (Lipinski definition) is 4. The summed E-state index contributed by atoms with van der Waals surface area (Å²) in [5, 5.41) is 11.8. The number of amides is 1. The number of morpholine rings is 1. The van der Waals surface area contributed by atoms with E-state index in [1.165, 1.54) is 0 Å². The molecule has 6 heteroatoms. The first-order valence-electron chi connectivity index (χ1n) is 5.51. The average Bonchev–Trinajstić information content (AvgIpc) is 3.02. The molecule has 0 spiro atoms. The van der Waals surface area contributed by atoms with Gasteiger partial charge in [0.25, 0.3) is 0 Å². The van der Waals surface area contributed by atoms with Gasteiger partial charge in [0.05, 0.1) is 19.8 Å². The fourth-order valence-electron chi connectivity index (χ4n) is 1.74. The van der Waals surface area contributed by atoms with Crippen molar-refractivity contribution in [2.24, 2.45) is 0 Å². The largest absolute Gasteiger partial charge is 0.480 e. The van der Waals surface area contributed by atoms with Crippen LogP contribution in [0.3, 0.4) is 0 Å². The third-order valence-electron chi connectivity index (χ3n) is 2.81. The van der Waals surface area contributed by atoms with Gasteiger partial charge in [-0.1, -0.05) is 0 Å². The molecule has 0 radical (unpaired) electrons. The summed E-state index contributed by atoms with van der Waals surface area (Å²) in [7, 11) is 0. The molecule has 1 aliphatic carbocycles. The molecule has 0 aromatic heterocycles. The molecule has 0 aromatic carbocycles. The van der Waals surface area contributed by atoms with E-state index in [4.69, 9.17) is 9.84 Å². The van der Waals surface area contributed by atoms with Crippen LogP contribution in [0.25, 0.3) is 0 Å². The maximum absolute atomic E-state index is 11.5. The molecule has 2 aliphatic rings. The molecule has 1 saturated carbocycles. The summed E-state index contributed by atoms with van der Waals surface area (Å²) >= 11 is 0. The lowest BCUT2D eigenvalue weighted by atomic mass is 10.2. The minimum absolute atomic E-state index is 0.0874. The highest BCUT2D eigenvalue weighted by atomic mass is 16.5. The maximum atomic E-state index is 11.5. The number of carbonyl (C=O) groups is 2. The number of hydrogen-bond donors (Lipinski definition) is 2. The van der Waals surface area contributed by atoms with Crippen molar-refractivity contribution in [1.82, 2.24) is 10.2 Å². The van der Waals surface area contributed by atoms with Gasteiger partial charge in [0.15, 0.2) is 0 Å². The zero-order valence-corrected chi connectivity index (χ0v) is 9.02. The van der Waals surface area contributed by atoms with Gasteiger partial charge >= 0.3 is 5.97 Å². The van der Waals surface area contributed by atoms with Crippen LogP contribution >= 0.6 is 0 Å². The van der Waals surface area contributed by atoms with Crippen LogP contribution in [0.15, 0.2) is 0 Å². The van der Waals surface area contributed by atoms with Crippen molar-refractivity contribution in [3.8, 4) is 0 Å². The summed E-state index contributed by atoms with van der Waals surface area (Å²) in [6.45, 7) is 1.29. The van der Waals surface area contributed by atoms with E-state index in [1.54, 1.807) is 4.90 Å². The molecule has 2 fully saturated rings. The van der Waals surface area contributed by atoms with E-state index in [2.05, 4.69) is 5.32 Å². The molecule has 1 aliphatic heterocycles. The predicted octanol–water partition coefficient (Wildman–Crippen LogP) is -0.950. The van der Waals surface area contributed by atoms with Crippen LogP contribution in [-0.4, -0.2) is 60.3 Å². The van der Waals surface area contributed by atoms with Crippen LogP contribution in [0.4, 0.5) is 0 Å². The van der Waals surface area contributed by atoms with Crippen molar-refractivity contribution in [3.05, 3.63) is 0 Å². The number of rotatable bonds is 4. The molecule has 0 bridgehead atoms. The van der Waals surface area contributed by atoms with Gasteiger partial charge in [0.2, 0.25) is 5.91 Å². The van der Waals surface area contributed by atoms with Crippen LogP contribution < -0.4 is 5.32 Å². The highest BCUT2D eigenvalue weighted by Gasteiger charge is 2.31. The second-order valence-electron chi connectivity index (χ2n) is 4.24. The van der Waals surface area contributed by atoms with Crippen molar-refractivity contribution < 1.29 is 19.4 Å². The van der Waals surface area contributed by atoms with E-state index >= 15 is 0 Å². The number of carboxylic acids is 1. The molecular weight excluding hydrogens is 212 g/mol. The Bertz CT molecular complexity index is 291. The zero-order valence-electron chi connectivity index (χ0n) is 9.02. The molecule has 1 atom stereocenters. The van der Waals surface area contributed by atoms with Gasteiger partial charge in [0, 0.05) is 12.6 Å². The van der Waals surface area contributed by atoms with Crippen LogP contribution in [-0.2, 0) is 14.3 Å². The Morgan fingerprint density at radius 1 is 1.44 bits per heavy atom. The number of nitrogens with one attached hydrogen (secondary N) is 1. The van der Waals surface area contributed by atoms with Crippen LogP contribution in [0.5, 0.6) is 0 Å². The lowest BCUT2D eigenvalue weighted by Crippen LogP contribution is -2.53. The summed E-state index contributed by atoms with van der Waals surface area (Å²) in [6, 6.07) is -0.379. The SMILES string of the molecule is O=C(CN1CCOCC1C(=O)O)NC1CC1. The lowest BCUT2D eigenvalue weighted by molar-refractivity contribution is -0.150. The first-order valence-corrected chi connectivity index (χ1v) is 5.51. The van der Waals surface area contributed by atoms with E-state index in [-0.39, 0.29) is 19.1 Å². The van der Waals surface area contributed by atoms with Gasteiger partial charge in [-0.15, -0.1) is 0 Å². The van der Waals surface area contributed by atoms with E-state index in [0.717, 1.165) is 12.8 Å². The quantitative estimate of drug-likeness (QED) is 0.648. The van der Waals surface area contributed by atoms with Crippen LogP contribution in [0, 0.1) is 0 Å². The number of nitrogens with zero attached hydrogens (tertiary/aromatic N) is 1. The summed E-state index contributed by atoms with van der Waals surface area (Å²) < 4.78 is 5.09. The van der Waals surface area contributed by atoms with Crippen molar-refractivity contribution in [3.63, 3.8) is 0 Å². The van der Waals surface area contributed by atoms with Gasteiger partial charge in [-0.05, 0) is 12.8 Å². The van der Waals surface area contributed by atoms with Gasteiger partial charge < -0.3 is 15.2 Å². The predicted molar refractivity (Wildman–Crippen MR) is 55.0 cm³/mol. The molecular formula is C10H16N2O4.